The zero-order valence-corrected chi connectivity index (χ0v) is 13.9. The highest BCUT2D eigenvalue weighted by Gasteiger charge is 2.22. The van der Waals surface area contributed by atoms with E-state index in [1.54, 1.807) is 17.0 Å². The average molecular weight is 337 g/mol. The molecule has 1 aliphatic heterocycles. The van der Waals surface area contributed by atoms with E-state index < -0.39 is 0 Å². The molecule has 0 bridgehead atoms. The number of nitriles is 1. The van der Waals surface area contributed by atoms with Gasteiger partial charge in [0, 0.05) is 19.2 Å². The number of pyridine rings is 1. The molecule has 0 unspecified atom stereocenters. The van der Waals surface area contributed by atoms with Crippen molar-refractivity contribution in [3.8, 4) is 11.9 Å². The summed E-state index contributed by atoms with van der Waals surface area (Å²) >= 11 is 0. The second kappa shape index (κ2) is 8.27. The number of ether oxygens (including phenoxy) is 2. The molecule has 1 saturated heterocycles. The van der Waals surface area contributed by atoms with E-state index in [4.69, 9.17) is 14.7 Å². The van der Waals surface area contributed by atoms with Crippen LogP contribution in [0.5, 0.6) is 5.88 Å². The molecular weight excluding hydrogens is 318 g/mol. The lowest BCUT2D eigenvalue weighted by Gasteiger charge is -2.27. The van der Waals surface area contributed by atoms with Gasteiger partial charge >= 0.3 is 0 Å². The molecule has 25 heavy (non-hydrogen) atoms. The van der Waals surface area contributed by atoms with E-state index in [1.807, 2.05) is 30.3 Å². The van der Waals surface area contributed by atoms with Crippen LogP contribution < -0.4 is 4.74 Å². The molecule has 6 nitrogen and oxygen atoms in total. The molecule has 1 fully saturated rings. The number of carbonyl (C=O) groups is 1. The summed E-state index contributed by atoms with van der Waals surface area (Å²) in [6, 6.07) is 15.2. The first-order valence-corrected chi connectivity index (χ1v) is 8.18. The van der Waals surface area contributed by atoms with Crippen molar-refractivity contribution in [1.82, 2.24) is 9.88 Å². The third-order valence-corrected chi connectivity index (χ3v) is 3.95. The van der Waals surface area contributed by atoms with Gasteiger partial charge in [-0.15, -0.1) is 0 Å². The molecule has 1 amide bonds. The van der Waals surface area contributed by atoms with Crippen LogP contribution in [0.2, 0.25) is 0 Å². The van der Waals surface area contributed by atoms with Crippen LogP contribution >= 0.6 is 0 Å². The van der Waals surface area contributed by atoms with Crippen molar-refractivity contribution in [2.24, 2.45) is 0 Å². The van der Waals surface area contributed by atoms with Gasteiger partial charge in [0.25, 0.3) is 5.91 Å². The third kappa shape index (κ3) is 4.34. The predicted molar refractivity (Wildman–Crippen MR) is 91.1 cm³/mol. The number of morpholine rings is 1. The Labute approximate surface area is 146 Å². The van der Waals surface area contributed by atoms with E-state index in [0.29, 0.717) is 50.0 Å². The van der Waals surface area contributed by atoms with E-state index in [2.05, 4.69) is 11.1 Å². The fraction of sp³-hybridized carbons (Fsp3) is 0.316. The van der Waals surface area contributed by atoms with Gasteiger partial charge in [-0.1, -0.05) is 30.3 Å². The molecule has 1 aliphatic rings. The van der Waals surface area contributed by atoms with Crippen LogP contribution in [-0.2, 0) is 17.8 Å². The van der Waals surface area contributed by atoms with Gasteiger partial charge in [0.1, 0.15) is 6.61 Å². The third-order valence-electron chi connectivity index (χ3n) is 3.95. The van der Waals surface area contributed by atoms with Crippen molar-refractivity contribution in [3.63, 3.8) is 0 Å². The summed E-state index contributed by atoms with van der Waals surface area (Å²) in [6.07, 6.45) is 0.0634. The van der Waals surface area contributed by atoms with Gasteiger partial charge in [0.05, 0.1) is 37.0 Å². The molecule has 0 saturated carbocycles. The number of carbonyl (C=O) groups excluding carboxylic acids is 1. The first-order valence-electron chi connectivity index (χ1n) is 8.18. The smallest absolute Gasteiger partial charge is 0.255 e. The summed E-state index contributed by atoms with van der Waals surface area (Å²) < 4.78 is 11.0. The molecule has 0 aliphatic carbocycles. The number of hydrogen-bond donors (Lipinski definition) is 0. The number of hydrogen-bond acceptors (Lipinski definition) is 5. The number of amides is 1. The molecule has 1 aromatic heterocycles. The van der Waals surface area contributed by atoms with Crippen LogP contribution in [-0.4, -0.2) is 42.1 Å². The highest BCUT2D eigenvalue weighted by atomic mass is 16.5. The van der Waals surface area contributed by atoms with Crippen LogP contribution in [0.1, 0.15) is 21.6 Å². The lowest BCUT2D eigenvalue weighted by atomic mass is 10.1. The van der Waals surface area contributed by atoms with Crippen molar-refractivity contribution < 1.29 is 14.3 Å². The summed E-state index contributed by atoms with van der Waals surface area (Å²) in [5.41, 5.74) is 1.93. The fourth-order valence-electron chi connectivity index (χ4n) is 2.63. The monoisotopic (exact) mass is 337 g/mol. The van der Waals surface area contributed by atoms with Crippen molar-refractivity contribution in [2.75, 3.05) is 26.3 Å². The maximum atomic E-state index is 12.7. The maximum Gasteiger partial charge on any atom is 0.255 e. The highest BCUT2D eigenvalue weighted by molar-refractivity contribution is 5.95. The van der Waals surface area contributed by atoms with Crippen molar-refractivity contribution in [1.29, 1.82) is 5.26 Å². The molecule has 0 atom stereocenters. The SMILES string of the molecule is N#CCc1nc(OCc2ccccc2)ccc1C(=O)N1CCOCC1. The van der Waals surface area contributed by atoms with Crippen LogP contribution in [0.3, 0.4) is 0 Å². The highest BCUT2D eigenvalue weighted by Crippen LogP contribution is 2.18. The van der Waals surface area contributed by atoms with Crippen molar-refractivity contribution >= 4 is 5.91 Å². The first kappa shape index (κ1) is 16.9. The zero-order chi connectivity index (χ0) is 17.5. The van der Waals surface area contributed by atoms with E-state index in [0.717, 1.165) is 5.56 Å². The Morgan fingerprint density at radius 2 is 1.96 bits per heavy atom. The van der Waals surface area contributed by atoms with Crippen LogP contribution in [0.4, 0.5) is 0 Å². The first-order chi connectivity index (χ1) is 12.3. The summed E-state index contributed by atoms with van der Waals surface area (Å²) in [5.74, 6) is 0.295. The molecule has 0 spiro atoms. The number of nitrogens with zero attached hydrogens (tertiary/aromatic N) is 3. The van der Waals surface area contributed by atoms with Crippen molar-refractivity contribution in [2.45, 2.75) is 13.0 Å². The normalized spacial score (nSPS) is 14.0. The summed E-state index contributed by atoms with van der Waals surface area (Å²) in [6.45, 7) is 2.56. The van der Waals surface area contributed by atoms with Crippen LogP contribution in [0.25, 0.3) is 0 Å². The van der Waals surface area contributed by atoms with E-state index in [1.165, 1.54) is 0 Å². The van der Waals surface area contributed by atoms with E-state index in [-0.39, 0.29) is 12.3 Å². The average Bonchev–Trinajstić information content (AvgIpc) is 2.68. The summed E-state index contributed by atoms with van der Waals surface area (Å²) in [4.78, 5) is 18.8. The van der Waals surface area contributed by atoms with Gasteiger partial charge in [0.15, 0.2) is 0 Å². The van der Waals surface area contributed by atoms with Gasteiger partial charge in [-0.2, -0.15) is 5.26 Å². The quantitative estimate of drug-likeness (QED) is 0.836. The fourth-order valence-corrected chi connectivity index (χ4v) is 2.63. The minimum Gasteiger partial charge on any atom is -0.473 e. The molecule has 2 heterocycles. The number of benzene rings is 1. The van der Waals surface area contributed by atoms with Gasteiger partial charge in [-0.05, 0) is 11.6 Å². The zero-order valence-electron chi connectivity index (χ0n) is 13.9. The summed E-state index contributed by atoms with van der Waals surface area (Å²) in [7, 11) is 0. The summed E-state index contributed by atoms with van der Waals surface area (Å²) in [5, 5.41) is 9.06. The van der Waals surface area contributed by atoms with Gasteiger partial charge in [0.2, 0.25) is 5.88 Å². The number of rotatable bonds is 5. The molecule has 128 valence electrons. The van der Waals surface area contributed by atoms with E-state index >= 15 is 0 Å². The Kier molecular flexibility index (Phi) is 5.60. The Balaban J connectivity index is 1.75. The second-order valence-corrected chi connectivity index (χ2v) is 5.66. The standard InChI is InChI=1S/C19H19N3O3/c20-9-8-17-16(19(23)22-10-12-24-13-11-22)6-7-18(21-17)25-14-15-4-2-1-3-5-15/h1-7H,8,10-14H2. The molecule has 1 aromatic carbocycles. The Morgan fingerprint density at radius 3 is 2.68 bits per heavy atom. The second-order valence-electron chi connectivity index (χ2n) is 5.66. The molecular formula is C19H19N3O3. The molecule has 0 radical (unpaired) electrons. The van der Waals surface area contributed by atoms with Gasteiger partial charge in [-0.25, -0.2) is 4.98 Å². The van der Waals surface area contributed by atoms with Gasteiger partial charge in [-0.3, -0.25) is 4.79 Å². The van der Waals surface area contributed by atoms with Gasteiger partial charge < -0.3 is 14.4 Å². The lowest BCUT2D eigenvalue weighted by molar-refractivity contribution is 0.0302. The van der Waals surface area contributed by atoms with Crippen LogP contribution in [0.15, 0.2) is 42.5 Å². The Hall–Kier alpha value is -2.91. The molecule has 2 aromatic rings. The topological polar surface area (TPSA) is 75.5 Å². The lowest BCUT2D eigenvalue weighted by Crippen LogP contribution is -2.41. The van der Waals surface area contributed by atoms with Crippen LogP contribution in [0, 0.1) is 11.3 Å². The molecule has 3 rings (SSSR count). The Morgan fingerprint density at radius 1 is 1.20 bits per heavy atom. The minimum absolute atomic E-state index is 0.0634. The largest absolute Gasteiger partial charge is 0.473 e. The number of aromatic nitrogens is 1. The van der Waals surface area contributed by atoms with E-state index in [9.17, 15) is 4.79 Å². The van der Waals surface area contributed by atoms with Crippen molar-refractivity contribution in [3.05, 3.63) is 59.3 Å². The molecule has 0 N–H and O–H groups in total. The minimum atomic E-state index is -0.115. The molecule has 6 heteroatoms. The maximum absolute atomic E-state index is 12.7. The predicted octanol–water partition coefficient (Wildman–Crippen LogP) is 2.20. The Bertz CT molecular complexity index is 765.